The van der Waals surface area contributed by atoms with E-state index in [2.05, 4.69) is 5.48 Å². The molecule has 2 rings (SSSR count). The van der Waals surface area contributed by atoms with Gasteiger partial charge in [0.1, 0.15) is 11.4 Å². The summed E-state index contributed by atoms with van der Waals surface area (Å²) in [4.78, 5) is 10.2. The van der Waals surface area contributed by atoms with Crippen LogP contribution >= 0.6 is 8.15 Å². The summed E-state index contributed by atoms with van der Waals surface area (Å²) in [5.41, 5.74) is 3.67. The summed E-state index contributed by atoms with van der Waals surface area (Å²) >= 11 is 0. The second kappa shape index (κ2) is 7.02. The van der Waals surface area contributed by atoms with E-state index in [0.717, 1.165) is 11.0 Å². The third-order valence-corrected chi connectivity index (χ3v) is 4.21. The minimum atomic E-state index is -0.938. The van der Waals surface area contributed by atoms with Crippen molar-refractivity contribution < 1.29 is 14.3 Å². The lowest BCUT2D eigenvalue weighted by molar-refractivity contribution is -0.384. The second-order valence-electron chi connectivity index (χ2n) is 4.16. The van der Waals surface area contributed by atoms with E-state index in [-0.39, 0.29) is 5.69 Å². The monoisotopic (exact) mass is 306 g/mol. The number of ether oxygens (including phenoxy) is 1. The summed E-state index contributed by atoms with van der Waals surface area (Å²) < 4.78 is 10.8. The first-order valence-electron chi connectivity index (χ1n) is 6.16. The van der Waals surface area contributed by atoms with Gasteiger partial charge in [0.25, 0.3) is 5.69 Å². The maximum Gasteiger partial charge on any atom is 0.269 e. The van der Waals surface area contributed by atoms with Crippen molar-refractivity contribution in [3.63, 3.8) is 0 Å². The first-order chi connectivity index (χ1) is 10.1. The van der Waals surface area contributed by atoms with E-state index in [9.17, 15) is 10.1 Å². The van der Waals surface area contributed by atoms with Crippen LogP contribution in [-0.2, 0) is 4.62 Å². The molecular weight excluding hydrogens is 291 g/mol. The molecular formula is C14H15N2O4P. The van der Waals surface area contributed by atoms with Crippen LogP contribution in [-0.4, -0.2) is 18.7 Å². The Bertz CT molecular complexity index is 619. The van der Waals surface area contributed by atoms with Crippen molar-refractivity contribution in [3.8, 4) is 5.75 Å². The number of anilines is 1. The minimum absolute atomic E-state index is 0.0693. The van der Waals surface area contributed by atoms with E-state index in [1.165, 1.54) is 12.1 Å². The fourth-order valence-corrected chi connectivity index (χ4v) is 2.59. The molecule has 7 heteroatoms. The molecule has 0 spiro atoms. The molecule has 0 bridgehead atoms. The largest absolute Gasteiger partial charge is 0.495 e. The van der Waals surface area contributed by atoms with Crippen LogP contribution in [0.4, 0.5) is 11.4 Å². The number of nitrogens with zero attached hydrogens (tertiary/aromatic N) is 1. The van der Waals surface area contributed by atoms with Gasteiger partial charge in [-0.05, 0) is 30.9 Å². The molecule has 0 aromatic heterocycles. The van der Waals surface area contributed by atoms with E-state index >= 15 is 0 Å². The number of nitrogens with one attached hydrogen (secondary N) is 1. The number of hydrogen-bond donors (Lipinski definition) is 1. The fraction of sp³-hybridized carbons (Fsp3) is 0.143. The zero-order valence-corrected chi connectivity index (χ0v) is 12.5. The molecule has 2 aromatic rings. The van der Waals surface area contributed by atoms with E-state index < -0.39 is 13.1 Å². The fourth-order valence-electron chi connectivity index (χ4n) is 1.68. The van der Waals surface area contributed by atoms with Crippen LogP contribution in [0.3, 0.4) is 0 Å². The van der Waals surface area contributed by atoms with Crippen LogP contribution < -0.4 is 15.5 Å². The van der Waals surface area contributed by atoms with Gasteiger partial charge in [0.15, 0.2) is 0 Å². The molecule has 0 aliphatic carbocycles. The molecule has 110 valence electrons. The van der Waals surface area contributed by atoms with Crippen LogP contribution in [0.15, 0.2) is 48.5 Å². The molecule has 0 saturated heterocycles. The smallest absolute Gasteiger partial charge is 0.269 e. The van der Waals surface area contributed by atoms with Crippen molar-refractivity contribution in [2.24, 2.45) is 0 Å². The maximum absolute atomic E-state index is 10.6. The van der Waals surface area contributed by atoms with Crippen molar-refractivity contribution in [2.75, 3.05) is 19.3 Å². The highest BCUT2D eigenvalue weighted by Gasteiger charge is 2.11. The number of benzene rings is 2. The van der Waals surface area contributed by atoms with Gasteiger partial charge in [0, 0.05) is 17.4 Å². The minimum Gasteiger partial charge on any atom is -0.495 e. The average molecular weight is 306 g/mol. The highest BCUT2D eigenvalue weighted by molar-refractivity contribution is 7.60. The van der Waals surface area contributed by atoms with Gasteiger partial charge in [-0.25, -0.2) is 0 Å². The Morgan fingerprint density at radius 3 is 2.43 bits per heavy atom. The Labute approximate surface area is 123 Å². The molecule has 6 nitrogen and oxygen atoms in total. The Hall–Kier alpha value is -2.17. The van der Waals surface area contributed by atoms with Crippen LogP contribution in [0.1, 0.15) is 0 Å². The second-order valence-corrected chi connectivity index (χ2v) is 5.86. The topological polar surface area (TPSA) is 73.6 Å². The van der Waals surface area contributed by atoms with Gasteiger partial charge in [-0.3, -0.25) is 20.2 Å². The van der Waals surface area contributed by atoms with Gasteiger partial charge >= 0.3 is 0 Å². The van der Waals surface area contributed by atoms with Crippen LogP contribution in [0, 0.1) is 10.1 Å². The summed E-state index contributed by atoms with van der Waals surface area (Å²) in [5, 5.41) is 11.5. The Kier molecular flexibility index (Phi) is 5.09. The molecule has 0 saturated carbocycles. The number of rotatable bonds is 6. The number of nitro groups is 1. The van der Waals surface area contributed by atoms with Gasteiger partial charge in [-0.15, -0.1) is 0 Å². The van der Waals surface area contributed by atoms with Crippen LogP contribution in [0.2, 0.25) is 0 Å². The standard InChI is InChI=1S/C14H15N2O4P/c1-19-14-6-4-3-5-13(14)15-20-21(2)12-9-7-11(8-10-12)16(17)18/h3-10,15H,1-2H3. The van der Waals surface area contributed by atoms with Gasteiger partial charge in [-0.2, -0.15) is 0 Å². The maximum atomic E-state index is 10.6. The van der Waals surface area contributed by atoms with Crippen molar-refractivity contribution in [1.82, 2.24) is 0 Å². The zero-order chi connectivity index (χ0) is 15.2. The lowest BCUT2D eigenvalue weighted by atomic mass is 10.3. The third kappa shape index (κ3) is 3.90. The molecule has 1 atom stereocenters. The van der Waals surface area contributed by atoms with Crippen molar-refractivity contribution in [3.05, 3.63) is 58.6 Å². The molecule has 0 radical (unpaired) electrons. The SMILES string of the molecule is COc1ccccc1NOP(C)c1ccc([N+](=O)[O-])cc1. The van der Waals surface area contributed by atoms with Gasteiger partial charge < -0.3 is 4.74 Å². The third-order valence-electron chi connectivity index (χ3n) is 2.82. The van der Waals surface area contributed by atoms with Crippen molar-refractivity contribution in [1.29, 1.82) is 0 Å². The molecule has 1 N–H and O–H groups in total. The van der Waals surface area contributed by atoms with Crippen LogP contribution in [0.25, 0.3) is 0 Å². The summed E-state index contributed by atoms with van der Waals surface area (Å²) in [6.07, 6.45) is 0. The van der Waals surface area contributed by atoms with Gasteiger partial charge in [0.05, 0.1) is 20.2 Å². The van der Waals surface area contributed by atoms with E-state index in [0.29, 0.717) is 5.75 Å². The summed E-state index contributed by atoms with van der Waals surface area (Å²) in [7, 11) is 0.651. The highest BCUT2D eigenvalue weighted by Crippen LogP contribution is 2.33. The molecule has 0 aliphatic rings. The molecule has 2 aromatic carbocycles. The van der Waals surface area contributed by atoms with Crippen LogP contribution in [0.5, 0.6) is 5.75 Å². The Morgan fingerprint density at radius 2 is 1.81 bits per heavy atom. The molecule has 0 amide bonds. The highest BCUT2D eigenvalue weighted by atomic mass is 31.1. The summed E-state index contributed by atoms with van der Waals surface area (Å²) in [5.74, 6) is 0.685. The normalized spacial score (nSPS) is 11.7. The Balaban J connectivity index is 2.01. The number of nitro benzene ring substituents is 1. The number of para-hydroxylation sites is 2. The summed E-state index contributed by atoms with van der Waals surface area (Å²) in [6.45, 7) is 1.92. The number of non-ortho nitro benzene ring substituents is 1. The number of methoxy groups -OCH3 is 1. The van der Waals surface area contributed by atoms with E-state index in [4.69, 9.17) is 9.36 Å². The average Bonchev–Trinajstić information content (AvgIpc) is 2.52. The lowest BCUT2D eigenvalue weighted by Gasteiger charge is -2.15. The van der Waals surface area contributed by atoms with Gasteiger partial charge in [-0.1, -0.05) is 12.1 Å². The molecule has 0 aliphatic heterocycles. The van der Waals surface area contributed by atoms with Crippen molar-refractivity contribution >= 4 is 24.8 Å². The summed E-state index contributed by atoms with van der Waals surface area (Å²) in [6, 6.07) is 13.8. The molecule has 1 unspecified atom stereocenters. The molecule has 0 heterocycles. The number of hydrogen-bond acceptors (Lipinski definition) is 5. The van der Waals surface area contributed by atoms with E-state index in [1.54, 1.807) is 19.2 Å². The van der Waals surface area contributed by atoms with Gasteiger partial charge in [0.2, 0.25) is 0 Å². The zero-order valence-electron chi connectivity index (χ0n) is 11.6. The van der Waals surface area contributed by atoms with E-state index in [1.807, 2.05) is 30.9 Å². The predicted octanol–water partition coefficient (Wildman–Crippen LogP) is 3.30. The van der Waals surface area contributed by atoms with Crippen molar-refractivity contribution in [2.45, 2.75) is 0 Å². The lowest BCUT2D eigenvalue weighted by Crippen LogP contribution is -2.07. The first-order valence-corrected chi connectivity index (χ1v) is 7.86. The predicted molar refractivity (Wildman–Crippen MR) is 83.3 cm³/mol. The Morgan fingerprint density at radius 1 is 1.14 bits per heavy atom. The molecule has 21 heavy (non-hydrogen) atoms. The quantitative estimate of drug-likeness (QED) is 0.503. The first kappa shape index (κ1) is 15.2. The molecule has 0 fully saturated rings.